The van der Waals surface area contributed by atoms with Crippen LogP contribution in [0.2, 0.25) is 0 Å². The van der Waals surface area contributed by atoms with Gasteiger partial charge < -0.3 is 16.0 Å². The van der Waals surface area contributed by atoms with E-state index >= 15 is 0 Å². The van der Waals surface area contributed by atoms with Gasteiger partial charge in [0.25, 0.3) is 0 Å². The number of rotatable bonds is 4. The number of amides is 2. The molecule has 1 aliphatic rings. The summed E-state index contributed by atoms with van der Waals surface area (Å²) in [5, 5.41) is 2.67. The number of hydrogen-bond donors (Lipinski definition) is 2. The first-order chi connectivity index (χ1) is 9.11. The molecule has 0 spiro atoms. The highest BCUT2D eigenvalue weighted by Gasteiger charge is 2.34. The number of carbonyl (C=O) groups excluding carboxylic acids is 2. The first kappa shape index (κ1) is 13.5. The molecule has 0 aliphatic carbocycles. The zero-order valence-electron chi connectivity index (χ0n) is 10.4. The number of benzene rings is 1. The Kier molecular flexibility index (Phi) is 4.11. The Morgan fingerprint density at radius 1 is 1.42 bits per heavy atom. The van der Waals surface area contributed by atoms with Gasteiger partial charge in [-0.1, -0.05) is 0 Å². The molecule has 102 valence electrons. The minimum absolute atomic E-state index is 0.125. The highest BCUT2D eigenvalue weighted by molar-refractivity contribution is 6.00. The molecule has 1 aromatic carbocycles. The lowest BCUT2D eigenvalue weighted by molar-refractivity contribution is -0.126. The molecule has 1 heterocycles. The van der Waals surface area contributed by atoms with Crippen molar-refractivity contribution in [3.8, 4) is 0 Å². The van der Waals surface area contributed by atoms with Crippen LogP contribution in [-0.2, 0) is 9.59 Å². The van der Waals surface area contributed by atoms with Gasteiger partial charge in [0.2, 0.25) is 11.8 Å². The van der Waals surface area contributed by atoms with Gasteiger partial charge >= 0.3 is 0 Å². The average molecular weight is 265 g/mol. The Labute approximate surface area is 110 Å². The number of nitrogens with two attached hydrogens (primary N) is 1. The molecular weight excluding hydrogens is 249 g/mol. The summed E-state index contributed by atoms with van der Waals surface area (Å²) >= 11 is 0. The lowest BCUT2D eigenvalue weighted by atomic mass is 10.1. The summed E-state index contributed by atoms with van der Waals surface area (Å²) in [6.45, 7) is 1.09. The Morgan fingerprint density at radius 3 is 2.74 bits per heavy atom. The molecule has 19 heavy (non-hydrogen) atoms. The van der Waals surface area contributed by atoms with Gasteiger partial charge in [-0.2, -0.15) is 0 Å². The molecule has 0 bridgehead atoms. The van der Waals surface area contributed by atoms with E-state index in [1.54, 1.807) is 0 Å². The first-order valence-corrected chi connectivity index (χ1v) is 6.15. The molecule has 1 aliphatic heterocycles. The summed E-state index contributed by atoms with van der Waals surface area (Å²) in [6, 6.07) is 5.66. The van der Waals surface area contributed by atoms with Gasteiger partial charge in [-0.25, -0.2) is 4.39 Å². The number of halogens is 1. The number of anilines is 1. The van der Waals surface area contributed by atoms with Crippen molar-refractivity contribution in [2.45, 2.75) is 6.42 Å². The third-order valence-corrected chi connectivity index (χ3v) is 3.08. The fourth-order valence-electron chi connectivity index (χ4n) is 2.09. The van der Waals surface area contributed by atoms with Crippen LogP contribution < -0.4 is 16.0 Å². The number of nitrogens with zero attached hydrogens (tertiary/aromatic N) is 1. The third kappa shape index (κ3) is 3.08. The van der Waals surface area contributed by atoms with Crippen molar-refractivity contribution in [3.63, 3.8) is 0 Å². The van der Waals surface area contributed by atoms with Gasteiger partial charge in [0.05, 0.1) is 5.92 Å². The van der Waals surface area contributed by atoms with E-state index in [4.69, 9.17) is 5.73 Å². The molecule has 1 atom stereocenters. The average Bonchev–Trinajstić information content (AvgIpc) is 2.79. The van der Waals surface area contributed by atoms with Gasteiger partial charge in [0.1, 0.15) is 5.82 Å². The summed E-state index contributed by atoms with van der Waals surface area (Å²) < 4.78 is 12.8. The summed E-state index contributed by atoms with van der Waals surface area (Å²) in [7, 11) is 0. The predicted octanol–water partition coefficient (Wildman–Crippen LogP) is 0.253. The Morgan fingerprint density at radius 2 is 2.11 bits per heavy atom. The van der Waals surface area contributed by atoms with E-state index in [0.717, 1.165) is 0 Å². The summed E-state index contributed by atoms with van der Waals surface area (Å²) in [5.41, 5.74) is 5.92. The standard InChI is InChI=1S/C13H16FN3O2/c14-10-1-3-11(4-2-10)17-8-9(7-12(17)18)13(19)16-6-5-15/h1-4,9H,5-8,15H2,(H,16,19)/t9-/m1/s1. The van der Waals surface area contributed by atoms with E-state index in [2.05, 4.69) is 5.32 Å². The Bertz CT molecular complexity index is 475. The predicted molar refractivity (Wildman–Crippen MR) is 68.9 cm³/mol. The lowest BCUT2D eigenvalue weighted by Crippen LogP contribution is -2.35. The number of carbonyl (C=O) groups is 2. The van der Waals surface area contributed by atoms with Gasteiger partial charge in [-0.05, 0) is 24.3 Å². The fraction of sp³-hybridized carbons (Fsp3) is 0.385. The van der Waals surface area contributed by atoms with E-state index in [1.165, 1.54) is 29.2 Å². The van der Waals surface area contributed by atoms with Crippen molar-refractivity contribution in [2.75, 3.05) is 24.5 Å². The summed E-state index contributed by atoms with van der Waals surface area (Å²) in [4.78, 5) is 25.2. The molecular formula is C13H16FN3O2. The summed E-state index contributed by atoms with van der Waals surface area (Å²) in [6.07, 6.45) is 0.174. The molecule has 1 fully saturated rings. The van der Waals surface area contributed by atoms with E-state index in [9.17, 15) is 14.0 Å². The first-order valence-electron chi connectivity index (χ1n) is 6.15. The lowest BCUT2D eigenvalue weighted by Gasteiger charge is -2.16. The van der Waals surface area contributed by atoms with Crippen LogP contribution in [0.4, 0.5) is 10.1 Å². The van der Waals surface area contributed by atoms with Gasteiger partial charge in [0.15, 0.2) is 0 Å². The van der Waals surface area contributed by atoms with Crippen molar-refractivity contribution < 1.29 is 14.0 Å². The number of nitrogens with one attached hydrogen (secondary N) is 1. The maximum Gasteiger partial charge on any atom is 0.227 e. The van der Waals surface area contributed by atoms with Gasteiger partial charge in [-0.15, -0.1) is 0 Å². The molecule has 1 saturated heterocycles. The van der Waals surface area contributed by atoms with Crippen molar-refractivity contribution in [2.24, 2.45) is 11.7 Å². The van der Waals surface area contributed by atoms with E-state index < -0.39 is 0 Å². The topological polar surface area (TPSA) is 75.4 Å². The van der Waals surface area contributed by atoms with Crippen LogP contribution in [0.5, 0.6) is 0 Å². The second kappa shape index (κ2) is 5.79. The molecule has 3 N–H and O–H groups in total. The van der Waals surface area contributed by atoms with Crippen LogP contribution in [0.1, 0.15) is 6.42 Å². The minimum Gasteiger partial charge on any atom is -0.355 e. The van der Waals surface area contributed by atoms with Crippen LogP contribution in [0.25, 0.3) is 0 Å². The van der Waals surface area contributed by atoms with Crippen molar-refractivity contribution >= 4 is 17.5 Å². The highest BCUT2D eigenvalue weighted by atomic mass is 19.1. The molecule has 0 radical (unpaired) electrons. The zero-order chi connectivity index (χ0) is 13.8. The maximum absolute atomic E-state index is 12.8. The molecule has 5 nitrogen and oxygen atoms in total. The normalized spacial score (nSPS) is 18.7. The van der Waals surface area contributed by atoms with Gasteiger partial charge in [0, 0.05) is 31.7 Å². The van der Waals surface area contributed by atoms with E-state index in [0.29, 0.717) is 25.3 Å². The monoisotopic (exact) mass is 265 g/mol. The van der Waals surface area contributed by atoms with Gasteiger partial charge in [-0.3, -0.25) is 9.59 Å². The maximum atomic E-state index is 12.8. The largest absolute Gasteiger partial charge is 0.355 e. The van der Waals surface area contributed by atoms with Crippen molar-refractivity contribution in [3.05, 3.63) is 30.1 Å². The zero-order valence-corrected chi connectivity index (χ0v) is 10.4. The van der Waals surface area contributed by atoms with Crippen LogP contribution >= 0.6 is 0 Å². The molecule has 0 unspecified atom stereocenters. The van der Waals surface area contributed by atoms with Crippen LogP contribution in [0.3, 0.4) is 0 Å². The molecule has 2 rings (SSSR count). The van der Waals surface area contributed by atoms with Crippen molar-refractivity contribution in [1.82, 2.24) is 5.32 Å². The van der Waals surface area contributed by atoms with Crippen molar-refractivity contribution in [1.29, 1.82) is 0 Å². The summed E-state index contributed by atoms with van der Waals surface area (Å²) in [5.74, 6) is -1.01. The van der Waals surface area contributed by atoms with Crippen LogP contribution in [0.15, 0.2) is 24.3 Å². The second-order valence-corrected chi connectivity index (χ2v) is 4.46. The van der Waals surface area contributed by atoms with E-state index in [1.807, 2.05) is 0 Å². The highest BCUT2D eigenvalue weighted by Crippen LogP contribution is 2.25. The molecule has 2 amide bonds. The smallest absolute Gasteiger partial charge is 0.227 e. The SMILES string of the molecule is NCCNC(=O)[C@@H]1CC(=O)N(c2ccc(F)cc2)C1. The van der Waals surface area contributed by atoms with Crippen LogP contribution in [-0.4, -0.2) is 31.4 Å². The Hall–Kier alpha value is -1.95. The molecule has 6 heteroatoms. The third-order valence-electron chi connectivity index (χ3n) is 3.08. The molecule has 0 aromatic heterocycles. The Balaban J connectivity index is 2.03. The minimum atomic E-state index is -0.371. The quantitative estimate of drug-likeness (QED) is 0.819. The molecule has 0 saturated carbocycles. The second-order valence-electron chi connectivity index (χ2n) is 4.46. The van der Waals surface area contributed by atoms with Crippen LogP contribution in [0, 0.1) is 11.7 Å². The molecule has 1 aromatic rings. The fourth-order valence-corrected chi connectivity index (χ4v) is 2.09. The van der Waals surface area contributed by atoms with E-state index in [-0.39, 0.29) is 30.0 Å². The number of hydrogen-bond acceptors (Lipinski definition) is 3.